The Morgan fingerprint density at radius 3 is 2.60 bits per heavy atom. The van der Waals surface area contributed by atoms with Gasteiger partial charge in [0.15, 0.2) is 11.2 Å². The predicted octanol–water partition coefficient (Wildman–Crippen LogP) is 5.89. The number of halogens is 3. The molecule has 10 heteroatoms. The Kier molecular flexibility index (Phi) is 5.01. The molecule has 0 unspecified atom stereocenters. The molecule has 1 N–H and O–H groups in total. The maximum atomic E-state index is 13.1. The first-order chi connectivity index (χ1) is 16.9. The Balaban J connectivity index is 1.41. The molecule has 1 fully saturated rings. The Morgan fingerprint density at radius 2 is 1.83 bits per heavy atom. The number of benzene rings is 2. The van der Waals surface area contributed by atoms with Crippen molar-refractivity contribution in [3.05, 3.63) is 67.1 Å². The Morgan fingerprint density at radius 1 is 1.00 bits per heavy atom. The van der Waals surface area contributed by atoms with E-state index in [0.717, 1.165) is 45.8 Å². The molecular weight excluding hydrogens is 457 g/mol. The number of imidazole rings is 1. The highest BCUT2D eigenvalue weighted by Gasteiger charge is 2.31. The van der Waals surface area contributed by atoms with E-state index < -0.39 is 12.7 Å². The first-order valence-corrected chi connectivity index (χ1v) is 11.1. The normalized spacial score (nSPS) is 13.9. The number of fused-ring (bicyclic) bond motifs is 2. The minimum absolute atomic E-state index is 0.00566. The minimum atomic E-state index is -4.41. The van der Waals surface area contributed by atoms with E-state index in [9.17, 15) is 13.2 Å². The van der Waals surface area contributed by atoms with Crippen molar-refractivity contribution < 1.29 is 17.9 Å². The lowest BCUT2D eigenvalue weighted by Gasteiger charge is -2.12. The van der Waals surface area contributed by atoms with Crippen molar-refractivity contribution in [1.29, 1.82) is 0 Å². The van der Waals surface area contributed by atoms with E-state index in [1.165, 1.54) is 0 Å². The SMILES string of the molecule is FC(F)(F)Cn1cnc2c(OC3CC3)nc(Nc3ccc4nccc(-c5ccccc5)c4c3)nc21. The van der Waals surface area contributed by atoms with Crippen LogP contribution in [0.1, 0.15) is 12.8 Å². The van der Waals surface area contributed by atoms with E-state index in [2.05, 4.69) is 25.3 Å². The number of anilines is 2. The highest BCUT2D eigenvalue weighted by Crippen LogP contribution is 2.33. The number of ether oxygens (including phenoxy) is 1. The Labute approximate surface area is 197 Å². The van der Waals surface area contributed by atoms with E-state index in [1.807, 2.05) is 54.6 Å². The van der Waals surface area contributed by atoms with Crippen LogP contribution in [0.25, 0.3) is 33.2 Å². The number of nitrogens with zero attached hydrogens (tertiary/aromatic N) is 5. The molecule has 0 saturated heterocycles. The van der Waals surface area contributed by atoms with Crippen molar-refractivity contribution in [3.63, 3.8) is 0 Å². The molecule has 35 heavy (non-hydrogen) atoms. The standard InChI is InChI=1S/C25H19F3N6O/c26-25(27,28)13-34-14-30-21-22(34)32-24(33-23(21)35-17-7-8-17)31-16-6-9-20-19(12-16)18(10-11-29-20)15-4-2-1-3-5-15/h1-6,9-12,14,17H,7-8,13H2,(H,31,32,33). The van der Waals surface area contributed by atoms with Gasteiger partial charge in [-0.25, -0.2) is 4.98 Å². The highest BCUT2D eigenvalue weighted by atomic mass is 19.4. The molecular formula is C25H19F3N6O. The quantitative estimate of drug-likeness (QED) is 0.329. The van der Waals surface area contributed by atoms with Crippen LogP contribution in [-0.4, -0.2) is 36.8 Å². The third kappa shape index (κ3) is 4.46. The average Bonchev–Trinajstić information content (AvgIpc) is 3.57. The van der Waals surface area contributed by atoms with Gasteiger partial charge in [-0.15, -0.1) is 0 Å². The lowest BCUT2D eigenvalue weighted by Crippen LogP contribution is -2.17. The first-order valence-electron chi connectivity index (χ1n) is 11.1. The second-order valence-electron chi connectivity index (χ2n) is 8.41. The fourth-order valence-corrected chi connectivity index (χ4v) is 3.93. The summed E-state index contributed by atoms with van der Waals surface area (Å²) in [6, 6.07) is 17.5. The molecule has 0 atom stereocenters. The van der Waals surface area contributed by atoms with Crippen molar-refractivity contribution in [2.24, 2.45) is 0 Å². The zero-order valence-corrected chi connectivity index (χ0v) is 18.3. The van der Waals surface area contributed by atoms with Crippen LogP contribution in [0, 0.1) is 0 Å². The summed E-state index contributed by atoms with van der Waals surface area (Å²) >= 11 is 0. The summed E-state index contributed by atoms with van der Waals surface area (Å²) in [5, 5.41) is 4.05. The molecule has 1 saturated carbocycles. The van der Waals surface area contributed by atoms with E-state index in [1.54, 1.807) is 6.20 Å². The largest absolute Gasteiger partial charge is 0.473 e. The van der Waals surface area contributed by atoms with E-state index in [-0.39, 0.29) is 29.1 Å². The molecule has 3 aromatic heterocycles. The number of hydrogen-bond donors (Lipinski definition) is 1. The van der Waals surface area contributed by atoms with Crippen LogP contribution in [0.15, 0.2) is 67.1 Å². The summed E-state index contributed by atoms with van der Waals surface area (Å²) in [7, 11) is 0. The zero-order chi connectivity index (χ0) is 24.0. The average molecular weight is 476 g/mol. The van der Waals surface area contributed by atoms with Crippen molar-refractivity contribution >= 4 is 33.7 Å². The van der Waals surface area contributed by atoms with Crippen molar-refractivity contribution in [3.8, 4) is 17.0 Å². The van der Waals surface area contributed by atoms with Gasteiger partial charge in [-0.3, -0.25) is 4.98 Å². The molecule has 176 valence electrons. The van der Waals surface area contributed by atoms with Crippen molar-refractivity contribution in [2.75, 3.05) is 5.32 Å². The second kappa shape index (κ2) is 8.23. The molecule has 3 heterocycles. The van der Waals surface area contributed by atoms with Crippen LogP contribution in [0.3, 0.4) is 0 Å². The summed E-state index contributed by atoms with van der Waals surface area (Å²) in [5.74, 6) is 0.301. The van der Waals surface area contributed by atoms with Gasteiger partial charge in [0.05, 0.1) is 11.8 Å². The predicted molar refractivity (Wildman–Crippen MR) is 125 cm³/mol. The lowest BCUT2D eigenvalue weighted by atomic mass is 10.0. The topological polar surface area (TPSA) is 77.8 Å². The Hall–Kier alpha value is -4.21. The van der Waals surface area contributed by atoms with Gasteiger partial charge < -0.3 is 14.6 Å². The smallest absolute Gasteiger partial charge is 0.406 e. The van der Waals surface area contributed by atoms with Gasteiger partial charge in [0.1, 0.15) is 12.6 Å². The van der Waals surface area contributed by atoms with Crippen LogP contribution in [-0.2, 0) is 6.54 Å². The molecule has 0 aliphatic heterocycles. The maximum absolute atomic E-state index is 13.1. The van der Waals surface area contributed by atoms with E-state index in [0.29, 0.717) is 5.69 Å². The van der Waals surface area contributed by atoms with Crippen LogP contribution in [0.4, 0.5) is 24.8 Å². The van der Waals surface area contributed by atoms with Gasteiger partial charge in [0.2, 0.25) is 11.8 Å². The lowest BCUT2D eigenvalue weighted by molar-refractivity contribution is -0.140. The van der Waals surface area contributed by atoms with Gasteiger partial charge in [-0.05, 0) is 48.2 Å². The molecule has 0 spiro atoms. The van der Waals surface area contributed by atoms with E-state index >= 15 is 0 Å². The van der Waals surface area contributed by atoms with Gasteiger partial charge in [0, 0.05) is 17.3 Å². The summed E-state index contributed by atoms with van der Waals surface area (Å²) in [5.41, 5.74) is 3.81. The highest BCUT2D eigenvalue weighted by molar-refractivity contribution is 5.96. The van der Waals surface area contributed by atoms with Crippen molar-refractivity contribution in [1.82, 2.24) is 24.5 Å². The van der Waals surface area contributed by atoms with Crippen molar-refractivity contribution in [2.45, 2.75) is 31.7 Å². The number of rotatable bonds is 6. The molecule has 1 aliphatic rings. The first kappa shape index (κ1) is 21.3. The van der Waals surface area contributed by atoms with Gasteiger partial charge in [0.25, 0.3) is 0 Å². The number of aromatic nitrogens is 5. The van der Waals surface area contributed by atoms with Crippen LogP contribution < -0.4 is 10.1 Å². The Bertz CT molecular complexity index is 1530. The fraction of sp³-hybridized carbons (Fsp3) is 0.200. The van der Waals surface area contributed by atoms with Crippen LogP contribution >= 0.6 is 0 Å². The third-order valence-electron chi connectivity index (χ3n) is 5.67. The van der Waals surface area contributed by atoms with Gasteiger partial charge in [-0.2, -0.15) is 23.1 Å². The number of pyridine rings is 1. The van der Waals surface area contributed by atoms with E-state index in [4.69, 9.17) is 4.74 Å². The monoisotopic (exact) mass is 476 g/mol. The molecule has 2 aromatic carbocycles. The summed E-state index contributed by atoms with van der Waals surface area (Å²) < 4.78 is 46.1. The summed E-state index contributed by atoms with van der Waals surface area (Å²) in [4.78, 5) is 17.3. The third-order valence-corrected chi connectivity index (χ3v) is 5.67. The molecule has 0 bridgehead atoms. The summed E-state index contributed by atoms with van der Waals surface area (Å²) in [6.07, 6.45) is 0.203. The molecule has 0 amide bonds. The van der Waals surface area contributed by atoms with Crippen LogP contribution in [0.5, 0.6) is 5.88 Å². The van der Waals surface area contributed by atoms with Crippen LogP contribution in [0.2, 0.25) is 0 Å². The number of alkyl halides is 3. The molecule has 6 rings (SSSR count). The van der Waals surface area contributed by atoms with Gasteiger partial charge >= 0.3 is 6.18 Å². The molecule has 1 aliphatic carbocycles. The molecule has 0 radical (unpaired) electrons. The second-order valence-corrected chi connectivity index (χ2v) is 8.41. The summed E-state index contributed by atoms with van der Waals surface area (Å²) in [6.45, 7) is -1.20. The zero-order valence-electron chi connectivity index (χ0n) is 18.3. The van der Waals surface area contributed by atoms with Gasteiger partial charge in [-0.1, -0.05) is 30.3 Å². The minimum Gasteiger partial charge on any atom is -0.473 e. The molecule has 7 nitrogen and oxygen atoms in total. The number of nitrogens with one attached hydrogen (secondary N) is 1. The fourth-order valence-electron chi connectivity index (χ4n) is 3.93. The maximum Gasteiger partial charge on any atom is 0.406 e. The molecule has 5 aromatic rings. The number of hydrogen-bond acceptors (Lipinski definition) is 6.